The van der Waals surface area contributed by atoms with E-state index in [1.165, 1.54) is 11.3 Å². The van der Waals surface area contributed by atoms with Crippen LogP contribution in [0.25, 0.3) is 0 Å². The van der Waals surface area contributed by atoms with Crippen LogP contribution in [0.1, 0.15) is 36.7 Å². The lowest BCUT2D eigenvalue weighted by Crippen LogP contribution is -1.99. The van der Waals surface area contributed by atoms with Gasteiger partial charge in [-0.15, -0.1) is 0 Å². The molecule has 1 N–H and O–H groups in total. The molecule has 0 radical (unpaired) electrons. The van der Waals surface area contributed by atoms with E-state index in [9.17, 15) is 0 Å². The number of aromatic amines is 1. The van der Waals surface area contributed by atoms with Crippen molar-refractivity contribution in [1.29, 1.82) is 5.26 Å². The van der Waals surface area contributed by atoms with Crippen LogP contribution in [-0.2, 0) is 6.42 Å². The van der Waals surface area contributed by atoms with Gasteiger partial charge < -0.3 is 0 Å². The molecule has 1 aromatic heterocycles. The van der Waals surface area contributed by atoms with Gasteiger partial charge in [-0.3, -0.25) is 5.10 Å². The van der Waals surface area contributed by atoms with Crippen LogP contribution in [0, 0.1) is 22.7 Å². The zero-order chi connectivity index (χ0) is 9.22. The summed E-state index contributed by atoms with van der Waals surface area (Å²) in [5.41, 5.74) is 3.45. The Kier molecular flexibility index (Phi) is 0.984. The third-order valence-corrected chi connectivity index (χ3v) is 3.79. The first-order valence-electron chi connectivity index (χ1n) is 4.63. The topological polar surface area (TPSA) is 52.5 Å². The van der Waals surface area contributed by atoms with Gasteiger partial charge in [0.05, 0.1) is 0 Å². The highest BCUT2D eigenvalue weighted by atomic mass is 15.1. The molecule has 1 heterocycles. The number of nitrogens with one attached hydrogen (secondary N) is 1. The van der Waals surface area contributed by atoms with Crippen LogP contribution in [0.4, 0.5) is 0 Å². The summed E-state index contributed by atoms with van der Waals surface area (Å²) >= 11 is 0. The molecule has 2 unspecified atom stereocenters. The largest absolute Gasteiger partial charge is 0.281 e. The normalized spacial score (nSPS) is 32.1. The number of H-pyrrole nitrogens is 1. The van der Waals surface area contributed by atoms with E-state index in [2.05, 4.69) is 30.1 Å². The fraction of sp³-hybridized carbons (Fsp3) is 0.600. The Labute approximate surface area is 76.8 Å². The van der Waals surface area contributed by atoms with E-state index in [-0.39, 0.29) is 0 Å². The van der Waals surface area contributed by atoms with Gasteiger partial charge in [0.25, 0.3) is 0 Å². The molecule has 0 aromatic carbocycles. The van der Waals surface area contributed by atoms with Crippen molar-refractivity contribution in [1.82, 2.24) is 10.2 Å². The molecule has 0 bridgehead atoms. The van der Waals surface area contributed by atoms with Crippen molar-refractivity contribution >= 4 is 0 Å². The van der Waals surface area contributed by atoms with E-state index in [0.29, 0.717) is 17.0 Å². The summed E-state index contributed by atoms with van der Waals surface area (Å²) in [5, 5.41) is 15.8. The third kappa shape index (κ3) is 0.635. The Morgan fingerprint density at radius 2 is 2.38 bits per heavy atom. The minimum absolute atomic E-state index is 0.437. The quantitative estimate of drug-likeness (QED) is 0.647. The Bertz CT molecular complexity index is 422. The Morgan fingerprint density at radius 1 is 1.62 bits per heavy atom. The maximum Gasteiger partial charge on any atom is 0.165 e. The standard InChI is InChI=1S/C10H11N3/c1-10(2)6-3-5-7(4-11)12-13-9(5)8(6)10/h6,8H,3H2,1-2H3,(H,12,13). The minimum Gasteiger partial charge on any atom is -0.281 e. The van der Waals surface area contributed by atoms with Crippen molar-refractivity contribution in [3.8, 4) is 6.07 Å². The molecule has 1 saturated carbocycles. The summed E-state index contributed by atoms with van der Waals surface area (Å²) in [7, 11) is 0. The molecule has 13 heavy (non-hydrogen) atoms. The van der Waals surface area contributed by atoms with E-state index < -0.39 is 0 Å². The lowest BCUT2D eigenvalue weighted by molar-refractivity contribution is 0.539. The predicted molar refractivity (Wildman–Crippen MR) is 47.0 cm³/mol. The number of aromatic nitrogens is 2. The van der Waals surface area contributed by atoms with Gasteiger partial charge in [0.1, 0.15) is 6.07 Å². The van der Waals surface area contributed by atoms with Gasteiger partial charge in [-0.1, -0.05) is 13.8 Å². The summed E-state index contributed by atoms with van der Waals surface area (Å²) in [5.74, 6) is 1.39. The molecule has 0 spiro atoms. The molecule has 3 heteroatoms. The molecule has 0 aliphatic heterocycles. The molecule has 2 atom stereocenters. The third-order valence-electron chi connectivity index (χ3n) is 3.79. The molecule has 2 aliphatic carbocycles. The maximum absolute atomic E-state index is 8.79. The lowest BCUT2D eigenvalue weighted by atomic mass is 9.98. The van der Waals surface area contributed by atoms with E-state index in [1.54, 1.807) is 0 Å². The fourth-order valence-corrected chi connectivity index (χ4v) is 2.85. The van der Waals surface area contributed by atoms with Crippen molar-refractivity contribution in [3.63, 3.8) is 0 Å². The van der Waals surface area contributed by atoms with Crippen LogP contribution >= 0.6 is 0 Å². The summed E-state index contributed by atoms with van der Waals surface area (Å²) < 4.78 is 0. The molecule has 0 saturated heterocycles. The first-order chi connectivity index (χ1) is 6.16. The van der Waals surface area contributed by atoms with Crippen molar-refractivity contribution in [3.05, 3.63) is 17.0 Å². The first-order valence-corrected chi connectivity index (χ1v) is 4.63. The van der Waals surface area contributed by atoms with E-state index in [0.717, 1.165) is 12.3 Å². The zero-order valence-electron chi connectivity index (χ0n) is 7.76. The van der Waals surface area contributed by atoms with Gasteiger partial charge >= 0.3 is 0 Å². The number of rotatable bonds is 0. The molecular formula is C10H11N3. The summed E-state index contributed by atoms with van der Waals surface area (Å²) in [6.07, 6.45) is 1.05. The smallest absolute Gasteiger partial charge is 0.165 e. The van der Waals surface area contributed by atoms with E-state index in [4.69, 9.17) is 5.26 Å². The number of hydrogen-bond acceptors (Lipinski definition) is 2. The second-order valence-corrected chi connectivity index (χ2v) is 4.69. The van der Waals surface area contributed by atoms with Crippen LogP contribution in [0.3, 0.4) is 0 Å². The van der Waals surface area contributed by atoms with Crippen LogP contribution in [0.15, 0.2) is 0 Å². The van der Waals surface area contributed by atoms with Crippen molar-refractivity contribution in [2.24, 2.45) is 11.3 Å². The summed E-state index contributed by atoms with van der Waals surface area (Å²) in [6, 6.07) is 2.13. The van der Waals surface area contributed by atoms with Gasteiger partial charge in [0.2, 0.25) is 0 Å². The first kappa shape index (κ1) is 7.14. The van der Waals surface area contributed by atoms with Crippen LogP contribution in [-0.4, -0.2) is 10.2 Å². The van der Waals surface area contributed by atoms with Gasteiger partial charge in [-0.2, -0.15) is 10.4 Å². The molecule has 3 nitrogen and oxygen atoms in total. The molecule has 1 aromatic rings. The summed E-state index contributed by atoms with van der Waals surface area (Å²) in [4.78, 5) is 0. The highest BCUT2D eigenvalue weighted by Crippen LogP contribution is 2.69. The lowest BCUT2D eigenvalue weighted by Gasteiger charge is -2.06. The Hall–Kier alpha value is -1.30. The molecule has 66 valence electrons. The van der Waals surface area contributed by atoms with Gasteiger partial charge in [-0.25, -0.2) is 0 Å². The van der Waals surface area contributed by atoms with Crippen molar-refractivity contribution in [2.75, 3.05) is 0 Å². The zero-order valence-corrected chi connectivity index (χ0v) is 7.76. The van der Waals surface area contributed by atoms with Gasteiger partial charge in [0, 0.05) is 17.2 Å². The predicted octanol–water partition coefficient (Wildman–Crippen LogP) is 1.58. The monoisotopic (exact) mass is 173 g/mol. The molecule has 2 aliphatic rings. The van der Waals surface area contributed by atoms with Crippen molar-refractivity contribution < 1.29 is 0 Å². The molecule has 0 amide bonds. The average Bonchev–Trinajstić information content (AvgIpc) is 2.51. The highest BCUT2D eigenvalue weighted by molar-refractivity contribution is 5.47. The van der Waals surface area contributed by atoms with Crippen molar-refractivity contribution in [2.45, 2.75) is 26.2 Å². The van der Waals surface area contributed by atoms with Gasteiger partial charge in [0.15, 0.2) is 5.69 Å². The number of fused-ring (bicyclic) bond motifs is 3. The number of hydrogen-bond donors (Lipinski definition) is 1. The molecule has 1 fully saturated rings. The highest BCUT2D eigenvalue weighted by Gasteiger charge is 2.63. The van der Waals surface area contributed by atoms with Gasteiger partial charge in [-0.05, 0) is 17.8 Å². The minimum atomic E-state index is 0.437. The molecule has 3 rings (SSSR count). The number of nitrogens with zero attached hydrogens (tertiary/aromatic N) is 2. The average molecular weight is 173 g/mol. The summed E-state index contributed by atoms with van der Waals surface area (Å²) in [6.45, 7) is 4.58. The second-order valence-electron chi connectivity index (χ2n) is 4.69. The SMILES string of the molecule is CC1(C)C2Cc3c(C#N)n[nH]c3C21. The van der Waals surface area contributed by atoms with E-state index >= 15 is 0 Å². The van der Waals surface area contributed by atoms with Crippen LogP contribution < -0.4 is 0 Å². The van der Waals surface area contributed by atoms with Crippen LogP contribution in [0.5, 0.6) is 0 Å². The Morgan fingerprint density at radius 3 is 3.08 bits per heavy atom. The van der Waals surface area contributed by atoms with E-state index in [1.807, 2.05) is 0 Å². The fourth-order valence-electron chi connectivity index (χ4n) is 2.85. The Balaban J connectivity index is 2.11. The number of nitriles is 1. The second kappa shape index (κ2) is 1.79. The molecular weight excluding hydrogens is 162 g/mol. The maximum atomic E-state index is 8.79. The van der Waals surface area contributed by atoms with Crippen LogP contribution in [0.2, 0.25) is 0 Å².